The third-order valence-electron chi connectivity index (χ3n) is 4.02. The van der Waals surface area contributed by atoms with Gasteiger partial charge in [0.05, 0.1) is 11.5 Å². The van der Waals surface area contributed by atoms with Gasteiger partial charge in [0.1, 0.15) is 6.04 Å². The van der Waals surface area contributed by atoms with Crippen LogP contribution in [0.5, 0.6) is 0 Å². The van der Waals surface area contributed by atoms with E-state index in [1.165, 1.54) is 6.07 Å². The molecule has 6 nitrogen and oxygen atoms in total. The van der Waals surface area contributed by atoms with Crippen LogP contribution in [-0.4, -0.2) is 41.5 Å². The van der Waals surface area contributed by atoms with Crippen molar-refractivity contribution >= 4 is 16.0 Å². The summed E-state index contributed by atoms with van der Waals surface area (Å²) in [7, 11) is -3.87. The van der Waals surface area contributed by atoms with Crippen LogP contribution in [0.15, 0.2) is 17.0 Å². The Morgan fingerprint density at radius 3 is 2.62 bits per heavy atom. The number of aliphatic hydroxyl groups is 1. The van der Waals surface area contributed by atoms with Gasteiger partial charge in [-0.3, -0.25) is 4.79 Å². The number of aliphatic carboxylic acids is 1. The Kier molecular flexibility index (Phi) is 4.36. The maximum atomic E-state index is 12.7. The Morgan fingerprint density at radius 1 is 1.38 bits per heavy atom. The SMILES string of the molecule is Cc1ccc(S(=O)(=O)N2CCC[C@H]2C(=O)O)c(C)c1CO. The highest BCUT2D eigenvalue weighted by Crippen LogP contribution is 2.30. The van der Waals surface area contributed by atoms with E-state index in [2.05, 4.69) is 0 Å². The number of carboxylic acids is 1. The minimum atomic E-state index is -3.87. The van der Waals surface area contributed by atoms with Gasteiger partial charge < -0.3 is 10.2 Å². The summed E-state index contributed by atoms with van der Waals surface area (Å²) in [6.45, 7) is 3.40. The molecule has 1 aliphatic rings. The first-order chi connectivity index (χ1) is 9.80. The number of aryl methyl sites for hydroxylation is 1. The van der Waals surface area contributed by atoms with Crippen molar-refractivity contribution in [2.24, 2.45) is 0 Å². The highest BCUT2D eigenvalue weighted by molar-refractivity contribution is 7.89. The van der Waals surface area contributed by atoms with Crippen molar-refractivity contribution < 1.29 is 23.4 Å². The number of carboxylic acid groups (broad SMARTS) is 1. The molecule has 0 bridgehead atoms. The average molecular weight is 313 g/mol. The van der Waals surface area contributed by atoms with Gasteiger partial charge in [0.15, 0.2) is 0 Å². The Bertz CT molecular complexity index is 668. The molecule has 21 heavy (non-hydrogen) atoms. The number of hydrogen-bond acceptors (Lipinski definition) is 4. The summed E-state index contributed by atoms with van der Waals surface area (Å²) in [5.41, 5.74) is 1.86. The monoisotopic (exact) mass is 313 g/mol. The summed E-state index contributed by atoms with van der Waals surface area (Å²) in [5, 5.41) is 18.6. The van der Waals surface area contributed by atoms with Gasteiger partial charge in [0, 0.05) is 6.54 Å². The number of rotatable bonds is 4. The van der Waals surface area contributed by atoms with Crippen LogP contribution in [-0.2, 0) is 21.4 Å². The van der Waals surface area contributed by atoms with Crippen molar-refractivity contribution in [3.8, 4) is 0 Å². The third-order valence-corrected chi connectivity index (χ3v) is 6.07. The fourth-order valence-electron chi connectivity index (χ4n) is 2.79. The summed E-state index contributed by atoms with van der Waals surface area (Å²) < 4.78 is 26.5. The van der Waals surface area contributed by atoms with E-state index in [1.54, 1.807) is 19.9 Å². The first-order valence-corrected chi connectivity index (χ1v) is 8.19. The number of sulfonamides is 1. The second-order valence-corrected chi connectivity index (χ2v) is 7.11. The number of nitrogens with zero attached hydrogens (tertiary/aromatic N) is 1. The smallest absolute Gasteiger partial charge is 0.322 e. The molecule has 1 aliphatic heterocycles. The fourth-order valence-corrected chi connectivity index (χ4v) is 4.70. The van der Waals surface area contributed by atoms with Crippen LogP contribution in [0.2, 0.25) is 0 Å². The largest absolute Gasteiger partial charge is 0.480 e. The molecule has 0 saturated carbocycles. The second-order valence-electron chi connectivity index (χ2n) is 5.25. The van der Waals surface area contributed by atoms with E-state index in [1.807, 2.05) is 0 Å². The predicted molar refractivity (Wildman–Crippen MR) is 76.4 cm³/mol. The molecule has 1 aromatic carbocycles. The highest BCUT2D eigenvalue weighted by atomic mass is 32.2. The third kappa shape index (κ3) is 2.68. The molecule has 1 heterocycles. The lowest BCUT2D eigenvalue weighted by molar-refractivity contribution is -0.140. The van der Waals surface area contributed by atoms with Crippen molar-refractivity contribution in [1.29, 1.82) is 0 Å². The summed E-state index contributed by atoms with van der Waals surface area (Å²) in [4.78, 5) is 11.3. The van der Waals surface area contributed by atoms with Gasteiger partial charge in [-0.1, -0.05) is 6.07 Å². The second kappa shape index (κ2) is 5.75. The molecule has 1 atom stereocenters. The molecule has 2 rings (SSSR count). The van der Waals surface area contributed by atoms with Crippen LogP contribution in [0.3, 0.4) is 0 Å². The Hall–Kier alpha value is -1.44. The summed E-state index contributed by atoms with van der Waals surface area (Å²) in [5.74, 6) is -1.12. The zero-order chi connectivity index (χ0) is 15.8. The van der Waals surface area contributed by atoms with Gasteiger partial charge >= 0.3 is 5.97 Å². The molecule has 0 spiro atoms. The minimum absolute atomic E-state index is 0.0744. The van der Waals surface area contributed by atoms with Crippen LogP contribution < -0.4 is 0 Å². The number of aliphatic hydroxyl groups excluding tert-OH is 1. The summed E-state index contributed by atoms with van der Waals surface area (Å²) >= 11 is 0. The lowest BCUT2D eigenvalue weighted by atomic mass is 10.0. The molecule has 1 aromatic rings. The van der Waals surface area contributed by atoms with Crippen molar-refractivity contribution in [3.63, 3.8) is 0 Å². The number of benzene rings is 1. The molecule has 0 aliphatic carbocycles. The van der Waals surface area contributed by atoms with Gasteiger partial charge in [-0.05, 0) is 49.4 Å². The van der Waals surface area contributed by atoms with Crippen molar-refractivity contribution in [1.82, 2.24) is 4.31 Å². The van der Waals surface area contributed by atoms with Crippen LogP contribution in [0.1, 0.15) is 29.5 Å². The van der Waals surface area contributed by atoms with Gasteiger partial charge in [0.2, 0.25) is 10.0 Å². The quantitative estimate of drug-likeness (QED) is 0.866. The van der Waals surface area contributed by atoms with Crippen LogP contribution >= 0.6 is 0 Å². The molecule has 1 fully saturated rings. The fraction of sp³-hybridized carbons (Fsp3) is 0.500. The molecule has 0 amide bonds. The van der Waals surface area contributed by atoms with Gasteiger partial charge in [-0.15, -0.1) is 0 Å². The summed E-state index contributed by atoms with van der Waals surface area (Å²) in [6, 6.07) is 2.11. The van der Waals surface area contributed by atoms with Crippen molar-refractivity contribution in [2.75, 3.05) is 6.54 Å². The lowest BCUT2D eigenvalue weighted by Gasteiger charge is -2.23. The molecule has 116 valence electrons. The first kappa shape index (κ1) is 15.9. The van der Waals surface area contributed by atoms with E-state index in [4.69, 9.17) is 5.11 Å². The standard InChI is InChI=1S/C14H19NO5S/c1-9-5-6-13(10(2)11(9)8-16)21(19,20)15-7-3-4-12(15)14(17)18/h5-6,12,16H,3-4,7-8H2,1-2H3,(H,17,18)/t12-/m0/s1. The predicted octanol–water partition coefficient (Wildman–Crippen LogP) is 1.03. The number of carbonyl (C=O) groups is 1. The number of hydrogen-bond donors (Lipinski definition) is 2. The molecular weight excluding hydrogens is 294 g/mol. The Balaban J connectivity index is 2.52. The minimum Gasteiger partial charge on any atom is -0.480 e. The van der Waals surface area contributed by atoms with Crippen LogP contribution in [0, 0.1) is 13.8 Å². The normalized spacial score (nSPS) is 19.9. The maximum absolute atomic E-state index is 12.7. The Labute approximate surface area is 124 Å². The highest BCUT2D eigenvalue weighted by Gasteiger charge is 2.40. The lowest BCUT2D eigenvalue weighted by Crippen LogP contribution is -2.40. The molecule has 0 aromatic heterocycles. The van der Waals surface area contributed by atoms with Gasteiger partial charge in [-0.2, -0.15) is 4.31 Å². The van der Waals surface area contributed by atoms with Crippen LogP contribution in [0.25, 0.3) is 0 Å². The first-order valence-electron chi connectivity index (χ1n) is 6.75. The van der Waals surface area contributed by atoms with E-state index in [9.17, 15) is 18.3 Å². The topological polar surface area (TPSA) is 94.9 Å². The molecule has 1 saturated heterocycles. The molecular formula is C14H19NO5S. The van der Waals surface area contributed by atoms with Crippen molar-refractivity contribution in [2.45, 2.75) is 44.2 Å². The Morgan fingerprint density at radius 2 is 2.05 bits per heavy atom. The molecule has 0 radical (unpaired) electrons. The average Bonchev–Trinajstić information content (AvgIpc) is 2.89. The summed E-state index contributed by atoms with van der Waals surface area (Å²) in [6.07, 6.45) is 0.861. The van der Waals surface area contributed by atoms with Gasteiger partial charge in [0.25, 0.3) is 0 Å². The van der Waals surface area contributed by atoms with E-state index in [-0.39, 0.29) is 18.0 Å². The zero-order valence-electron chi connectivity index (χ0n) is 12.0. The molecule has 2 N–H and O–H groups in total. The molecule has 7 heteroatoms. The van der Waals surface area contributed by atoms with Crippen LogP contribution in [0.4, 0.5) is 0 Å². The zero-order valence-corrected chi connectivity index (χ0v) is 12.9. The van der Waals surface area contributed by atoms with Gasteiger partial charge in [-0.25, -0.2) is 8.42 Å². The molecule has 0 unspecified atom stereocenters. The van der Waals surface area contributed by atoms with E-state index >= 15 is 0 Å². The van der Waals surface area contributed by atoms with E-state index in [0.29, 0.717) is 24.0 Å². The maximum Gasteiger partial charge on any atom is 0.322 e. The van der Waals surface area contributed by atoms with E-state index in [0.717, 1.165) is 9.87 Å². The van der Waals surface area contributed by atoms with E-state index < -0.39 is 22.0 Å². The van der Waals surface area contributed by atoms with Crippen molar-refractivity contribution in [3.05, 3.63) is 28.8 Å².